The van der Waals surface area contributed by atoms with Crippen molar-refractivity contribution in [3.8, 4) is 16.9 Å². The average Bonchev–Trinajstić information content (AvgIpc) is 3.41. The van der Waals surface area contributed by atoms with E-state index in [-0.39, 0.29) is 5.91 Å². The average molecular weight is 500 g/mol. The molecule has 0 aliphatic carbocycles. The van der Waals surface area contributed by atoms with Gasteiger partial charge in [-0.25, -0.2) is 4.99 Å². The minimum Gasteiger partial charge on any atom is -0.497 e. The summed E-state index contributed by atoms with van der Waals surface area (Å²) in [6, 6.07) is 24.4. The SMILES string of the molecule is C=CCN1C(=O)C(=C2Sc3ccc(OC)cc3N2CC)SC1=Nc1ccc(-c2ccccc2)cc1. The van der Waals surface area contributed by atoms with Crippen LogP contribution in [0.3, 0.4) is 0 Å². The van der Waals surface area contributed by atoms with Crippen molar-refractivity contribution in [2.24, 2.45) is 4.99 Å². The molecule has 0 atom stereocenters. The van der Waals surface area contributed by atoms with Crippen LogP contribution in [0.5, 0.6) is 5.75 Å². The number of aliphatic imine (C=N–C) groups is 1. The molecule has 1 saturated heterocycles. The van der Waals surface area contributed by atoms with Gasteiger partial charge in [-0.15, -0.1) is 6.58 Å². The Hall–Kier alpha value is -3.42. The van der Waals surface area contributed by atoms with Crippen LogP contribution >= 0.6 is 23.5 Å². The highest BCUT2D eigenvalue weighted by Crippen LogP contribution is 2.51. The van der Waals surface area contributed by atoms with Crippen molar-refractivity contribution in [2.75, 3.05) is 25.1 Å². The summed E-state index contributed by atoms with van der Waals surface area (Å²) in [5.74, 6) is 0.754. The number of ether oxygens (including phenoxy) is 1. The molecular weight excluding hydrogens is 474 g/mol. The van der Waals surface area contributed by atoms with Crippen LogP contribution in [0.25, 0.3) is 11.1 Å². The number of rotatable bonds is 6. The zero-order chi connectivity index (χ0) is 24.4. The van der Waals surface area contributed by atoms with Crippen LogP contribution in [0.2, 0.25) is 0 Å². The number of methoxy groups -OCH3 is 1. The van der Waals surface area contributed by atoms with Crippen molar-refractivity contribution in [1.29, 1.82) is 0 Å². The number of anilines is 1. The van der Waals surface area contributed by atoms with E-state index in [0.29, 0.717) is 16.6 Å². The molecule has 1 amide bonds. The second-order valence-corrected chi connectivity index (χ2v) is 9.94. The van der Waals surface area contributed by atoms with Crippen molar-refractivity contribution in [3.05, 3.63) is 95.4 Å². The summed E-state index contributed by atoms with van der Waals surface area (Å²) in [6.45, 7) is 7.08. The van der Waals surface area contributed by atoms with Gasteiger partial charge in [-0.2, -0.15) is 0 Å². The summed E-state index contributed by atoms with van der Waals surface area (Å²) >= 11 is 3.04. The highest BCUT2D eigenvalue weighted by Gasteiger charge is 2.39. The van der Waals surface area contributed by atoms with Gasteiger partial charge < -0.3 is 9.64 Å². The molecule has 0 spiro atoms. The van der Waals surface area contributed by atoms with Crippen molar-refractivity contribution in [1.82, 2.24) is 4.90 Å². The van der Waals surface area contributed by atoms with Gasteiger partial charge in [-0.05, 0) is 54.1 Å². The van der Waals surface area contributed by atoms with Gasteiger partial charge in [0.1, 0.15) is 15.7 Å². The molecule has 176 valence electrons. The predicted molar refractivity (Wildman–Crippen MR) is 147 cm³/mol. The molecule has 3 aromatic rings. The fourth-order valence-electron chi connectivity index (χ4n) is 4.05. The number of hydrogen-bond acceptors (Lipinski definition) is 6. The molecule has 35 heavy (non-hydrogen) atoms. The van der Waals surface area contributed by atoms with Gasteiger partial charge in [0, 0.05) is 24.1 Å². The third-order valence-corrected chi connectivity index (χ3v) is 8.17. The minimum absolute atomic E-state index is 0.0460. The summed E-state index contributed by atoms with van der Waals surface area (Å²) in [4.78, 5) is 24.0. The van der Waals surface area contributed by atoms with Crippen LogP contribution in [0, 0.1) is 0 Å². The fraction of sp³-hybridized carbons (Fsp3) is 0.143. The van der Waals surface area contributed by atoms with Crippen LogP contribution in [-0.2, 0) is 4.79 Å². The first-order valence-electron chi connectivity index (χ1n) is 11.4. The molecule has 0 bridgehead atoms. The molecule has 1 fully saturated rings. The summed E-state index contributed by atoms with van der Waals surface area (Å²) in [5.41, 5.74) is 4.15. The molecule has 7 heteroatoms. The number of carbonyl (C=O) groups is 1. The van der Waals surface area contributed by atoms with E-state index in [4.69, 9.17) is 9.73 Å². The first-order chi connectivity index (χ1) is 17.1. The van der Waals surface area contributed by atoms with Gasteiger partial charge in [-0.1, -0.05) is 60.3 Å². The van der Waals surface area contributed by atoms with Gasteiger partial charge in [0.25, 0.3) is 5.91 Å². The topological polar surface area (TPSA) is 45.1 Å². The van der Waals surface area contributed by atoms with Crippen molar-refractivity contribution >= 4 is 46.0 Å². The van der Waals surface area contributed by atoms with Crippen LogP contribution in [0.15, 0.2) is 105 Å². The minimum atomic E-state index is -0.0460. The van der Waals surface area contributed by atoms with Crippen LogP contribution in [0.1, 0.15) is 6.92 Å². The quantitative estimate of drug-likeness (QED) is 0.272. The zero-order valence-corrected chi connectivity index (χ0v) is 21.2. The Morgan fingerprint density at radius 2 is 1.71 bits per heavy atom. The molecule has 2 aliphatic rings. The lowest BCUT2D eigenvalue weighted by Gasteiger charge is -2.19. The van der Waals surface area contributed by atoms with Crippen molar-refractivity contribution in [3.63, 3.8) is 0 Å². The Balaban J connectivity index is 1.48. The van der Waals surface area contributed by atoms with Gasteiger partial charge >= 0.3 is 0 Å². The Bertz CT molecular complexity index is 1330. The molecule has 2 heterocycles. The molecule has 3 aromatic carbocycles. The normalized spacial score (nSPS) is 18.3. The Morgan fingerprint density at radius 3 is 2.40 bits per heavy atom. The van der Waals surface area contributed by atoms with Gasteiger partial charge in [0.15, 0.2) is 5.17 Å². The summed E-state index contributed by atoms with van der Waals surface area (Å²) in [7, 11) is 1.66. The number of benzene rings is 3. The number of fused-ring (bicyclic) bond motifs is 1. The summed E-state index contributed by atoms with van der Waals surface area (Å²) in [6.07, 6.45) is 1.74. The highest BCUT2D eigenvalue weighted by atomic mass is 32.2. The van der Waals surface area contributed by atoms with E-state index in [2.05, 4.69) is 42.7 Å². The lowest BCUT2D eigenvalue weighted by Crippen LogP contribution is -2.30. The maximum atomic E-state index is 13.5. The highest BCUT2D eigenvalue weighted by molar-refractivity contribution is 8.19. The predicted octanol–water partition coefficient (Wildman–Crippen LogP) is 6.91. The molecule has 5 nitrogen and oxygen atoms in total. The van der Waals surface area contributed by atoms with Crippen molar-refractivity contribution < 1.29 is 9.53 Å². The Morgan fingerprint density at radius 1 is 0.971 bits per heavy atom. The smallest absolute Gasteiger partial charge is 0.269 e. The summed E-state index contributed by atoms with van der Waals surface area (Å²) < 4.78 is 5.42. The number of amidine groups is 1. The lowest BCUT2D eigenvalue weighted by molar-refractivity contribution is -0.121. The molecule has 0 radical (unpaired) electrons. The van der Waals surface area contributed by atoms with E-state index < -0.39 is 0 Å². The second-order valence-electron chi connectivity index (χ2n) is 7.93. The first kappa shape index (κ1) is 23.3. The van der Waals surface area contributed by atoms with E-state index in [1.807, 2.05) is 48.5 Å². The van der Waals surface area contributed by atoms with Gasteiger partial charge in [0.2, 0.25) is 0 Å². The van der Waals surface area contributed by atoms with E-state index in [1.54, 1.807) is 29.8 Å². The van der Waals surface area contributed by atoms with Crippen molar-refractivity contribution in [2.45, 2.75) is 11.8 Å². The molecule has 5 rings (SSSR count). The van der Waals surface area contributed by atoms with E-state index in [1.165, 1.54) is 11.8 Å². The standard InChI is InChI=1S/C28H25N3O2S2/c1-4-17-31-26(32)25(27-30(5-2)23-18-22(33-3)15-16-24(23)34-27)35-28(31)29-21-13-11-20(12-14-21)19-9-7-6-8-10-19/h4,6-16,18H,1,5,17H2,2-3H3. The monoisotopic (exact) mass is 499 g/mol. The van der Waals surface area contributed by atoms with Gasteiger partial charge in [-0.3, -0.25) is 9.69 Å². The third kappa shape index (κ3) is 4.49. The second kappa shape index (κ2) is 10.1. The molecule has 0 unspecified atom stereocenters. The zero-order valence-electron chi connectivity index (χ0n) is 19.6. The number of hydrogen-bond donors (Lipinski definition) is 0. The van der Waals surface area contributed by atoms with Crippen LogP contribution in [0.4, 0.5) is 11.4 Å². The van der Waals surface area contributed by atoms with Crippen LogP contribution in [-0.4, -0.2) is 36.2 Å². The Kier molecular flexibility index (Phi) is 6.70. The summed E-state index contributed by atoms with van der Waals surface area (Å²) in [5, 5.41) is 1.60. The maximum Gasteiger partial charge on any atom is 0.269 e. The first-order valence-corrected chi connectivity index (χ1v) is 13.0. The number of thioether (sulfide) groups is 2. The van der Waals surface area contributed by atoms with E-state index >= 15 is 0 Å². The molecule has 2 aliphatic heterocycles. The van der Waals surface area contributed by atoms with Crippen LogP contribution < -0.4 is 9.64 Å². The maximum absolute atomic E-state index is 13.5. The molecule has 0 saturated carbocycles. The molecule has 0 aromatic heterocycles. The van der Waals surface area contributed by atoms with E-state index in [0.717, 1.165) is 44.7 Å². The fourth-order valence-corrected chi connectivity index (χ4v) is 6.43. The number of nitrogens with zero attached hydrogens (tertiary/aromatic N) is 3. The number of amides is 1. The largest absolute Gasteiger partial charge is 0.497 e. The molecule has 0 N–H and O–H groups in total. The number of carbonyl (C=O) groups excluding carboxylic acids is 1. The van der Waals surface area contributed by atoms with Gasteiger partial charge in [0.05, 0.1) is 18.5 Å². The Labute approximate surface area is 214 Å². The third-order valence-electron chi connectivity index (χ3n) is 5.79. The van der Waals surface area contributed by atoms with E-state index in [9.17, 15) is 4.79 Å². The molecular formula is C28H25N3O2S2. The lowest BCUT2D eigenvalue weighted by atomic mass is 10.1.